The lowest BCUT2D eigenvalue weighted by molar-refractivity contribution is 0.602. The summed E-state index contributed by atoms with van der Waals surface area (Å²) in [4.78, 5) is 8.15. The molecule has 6 heteroatoms. The smallest absolute Gasteiger partial charge is 0.175 e. The lowest BCUT2D eigenvalue weighted by Gasteiger charge is -2.01. The molecule has 1 atom stereocenters. The zero-order valence-corrected chi connectivity index (χ0v) is 11.6. The maximum atomic E-state index is 11.5. The molecule has 0 spiro atoms. The number of fused-ring (bicyclic) bond motifs is 1. The number of H-pyrrole nitrogens is 1. The highest BCUT2D eigenvalue weighted by Gasteiger charge is 2.21. The van der Waals surface area contributed by atoms with Crippen molar-refractivity contribution < 1.29 is 8.42 Å². The Morgan fingerprint density at radius 3 is 2.94 bits per heavy atom. The largest absolute Gasteiger partial charge is 0.342 e. The van der Waals surface area contributed by atoms with Crippen LogP contribution in [0.1, 0.15) is 18.2 Å². The summed E-state index contributed by atoms with van der Waals surface area (Å²) in [6, 6.07) is 5.06. The molecule has 3 rings (SSSR count). The predicted molar refractivity (Wildman–Crippen MR) is 73.9 cm³/mol. The van der Waals surface area contributed by atoms with Gasteiger partial charge in [0.1, 0.15) is 5.82 Å². The van der Waals surface area contributed by atoms with Crippen LogP contribution in [0.3, 0.4) is 0 Å². The van der Waals surface area contributed by atoms with E-state index in [9.17, 15) is 8.42 Å². The monoisotopic (exact) mass is 282 g/mol. The van der Waals surface area contributed by atoms with Crippen molar-refractivity contribution >= 4 is 32.6 Å². The molecule has 0 bridgehead atoms. The topological polar surface area (TPSA) is 62.8 Å². The molecule has 1 aliphatic heterocycles. The van der Waals surface area contributed by atoms with Gasteiger partial charge in [-0.1, -0.05) is 0 Å². The molecule has 4 nitrogen and oxygen atoms in total. The molecular weight excluding hydrogens is 268 g/mol. The van der Waals surface area contributed by atoms with Crippen LogP contribution in [0.5, 0.6) is 0 Å². The molecule has 1 fully saturated rings. The normalized spacial score (nSPS) is 20.6. The summed E-state index contributed by atoms with van der Waals surface area (Å²) >= 11 is 1.94. The maximum absolute atomic E-state index is 11.5. The van der Waals surface area contributed by atoms with Gasteiger partial charge in [0.2, 0.25) is 0 Å². The fourth-order valence-corrected chi connectivity index (χ4v) is 4.06. The molecule has 2 aromatic rings. The van der Waals surface area contributed by atoms with E-state index in [2.05, 4.69) is 9.97 Å². The maximum Gasteiger partial charge on any atom is 0.175 e. The Hall–Kier alpha value is -1.01. The van der Waals surface area contributed by atoms with Crippen LogP contribution in [-0.2, 0) is 9.84 Å². The van der Waals surface area contributed by atoms with E-state index in [-0.39, 0.29) is 0 Å². The number of aromatic nitrogens is 2. The molecule has 96 valence electrons. The number of thioether (sulfide) groups is 1. The molecule has 0 radical (unpaired) electrons. The zero-order chi connectivity index (χ0) is 12.8. The van der Waals surface area contributed by atoms with Gasteiger partial charge in [-0.3, -0.25) is 0 Å². The summed E-state index contributed by atoms with van der Waals surface area (Å²) in [5, 5.41) is 0. The second-order valence-corrected chi connectivity index (χ2v) is 7.80. The van der Waals surface area contributed by atoms with E-state index in [1.165, 1.54) is 12.0 Å². The number of hydrogen-bond donors (Lipinski definition) is 1. The lowest BCUT2D eigenvalue weighted by atomic mass is 10.1. The Labute approximate surface area is 110 Å². The van der Waals surface area contributed by atoms with Crippen molar-refractivity contribution in [3.63, 3.8) is 0 Å². The molecule has 2 heterocycles. The molecule has 18 heavy (non-hydrogen) atoms. The van der Waals surface area contributed by atoms with Gasteiger partial charge in [0.15, 0.2) is 9.84 Å². The Morgan fingerprint density at radius 1 is 1.44 bits per heavy atom. The highest BCUT2D eigenvalue weighted by Crippen LogP contribution is 2.32. The number of sulfone groups is 1. The van der Waals surface area contributed by atoms with E-state index in [1.54, 1.807) is 18.2 Å². The molecule has 1 aliphatic rings. The molecule has 0 saturated carbocycles. The number of imidazole rings is 1. The molecule has 0 amide bonds. The fourth-order valence-electron chi connectivity index (χ4n) is 2.18. The summed E-state index contributed by atoms with van der Waals surface area (Å²) in [7, 11) is -3.16. The molecule has 1 saturated heterocycles. The van der Waals surface area contributed by atoms with Crippen LogP contribution in [0, 0.1) is 0 Å². The average Bonchev–Trinajstić information content (AvgIpc) is 2.95. The minimum absolute atomic E-state index is 0.339. The van der Waals surface area contributed by atoms with Gasteiger partial charge in [-0.05, 0) is 30.4 Å². The number of benzene rings is 1. The molecule has 1 unspecified atom stereocenters. The summed E-state index contributed by atoms with van der Waals surface area (Å²) in [6.07, 6.45) is 2.36. The Balaban J connectivity index is 2.06. The molecular formula is C12H14N2O2S2. The first kappa shape index (κ1) is 12.0. The van der Waals surface area contributed by atoms with Crippen molar-refractivity contribution in [1.82, 2.24) is 9.97 Å². The van der Waals surface area contributed by atoms with Crippen molar-refractivity contribution in [1.29, 1.82) is 0 Å². The minimum Gasteiger partial charge on any atom is -0.342 e. The van der Waals surface area contributed by atoms with Crippen LogP contribution in [0.4, 0.5) is 0 Å². The van der Waals surface area contributed by atoms with Crippen LogP contribution >= 0.6 is 11.8 Å². The summed E-state index contributed by atoms with van der Waals surface area (Å²) < 4.78 is 23.0. The summed E-state index contributed by atoms with van der Waals surface area (Å²) in [5.41, 5.74) is 1.65. The molecule has 0 aliphatic carbocycles. The first-order valence-corrected chi connectivity index (χ1v) is 8.86. The van der Waals surface area contributed by atoms with E-state index >= 15 is 0 Å². The fraction of sp³-hybridized carbons (Fsp3) is 0.417. The van der Waals surface area contributed by atoms with E-state index in [0.29, 0.717) is 10.8 Å². The second kappa shape index (κ2) is 4.28. The van der Waals surface area contributed by atoms with Gasteiger partial charge in [-0.2, -0.15) is 11.8 Å². The Bertz CT molecular complexity index is 685. The van der Waals surface area contributed by atoms with Crippen LogP contribution < -0.4 is 0 Å². The number of nitrogens with zero attached hydrogens (tertiary/aromatic N) is 1. The predicted octanol–water partition coefficient (Wildman–Crippen LogP) is 2.19. The Kier molecular flexibility index (Phi) is 2.86. The SMILES string of the molecule is CS(=O)(=O)c1ccc2nc(C3CCSC3)[nH]c2c1. The number of nitrogens with one attached hydrogen (secondary N) is 1. The van der Waals surface area contributed by atoms with Crippen LogP contribution in [0.15, 0.2) is 23.1 Å². The van der Waals surface area contributed by atoms with Crippen LogP contribution in [0.2, 0.25) is 0 Å². The van der Waals surface area contributed by atoms with Crippen molar-refractivity contribution in [3.8, 4) is 0 Å². The van der Waals surface area contributed by atoms with Crippen molar-refractivity contribution in [2.75, 3.05) is 17.8 Å². The van der Waals surface area contributed by atoms with Crippen LogP contribution in [0.25, 0.3) is 11.0 Å². The number of hydrogen-bond acceptors (Lipinski definition) is 4. The van der Waals surface area contributed by atoms with E-state index < -0.39 is 9.84 Å². The molecule has 1 N–H and O–H groups in total. The third kappa shape index (κ3) is 2.14. The van der Waals surface area contributed by atoms with Gasteiger partial charge in [-0.25, -0.2) is 13.4 Å². The van der Waals surface area contributed by atoms with Crippen molar-refractivity contribution in [3.05, 3.63) is 24.0 Å². The lowest BCUT2D eigenvalue weighted by Crippen LogP contribution is -1.98. The summed E-state index contributed by atoms with van der Waals surface area (Å²) in [6.45, 7) is 0. The van der Waals surface area contributed by atoms with Crippen LogP contribution in [-0.4, -0.2) is 36.1 Å². The van der Waals surface area contributed by atoms with E-state index in [0.717, 1.165) is 29.0 Å². The highest BCUT2D eigenvalue weighted by atomic mass is 32.2. The Morgan fingerprint density at radius 2 is 2.28 bits per heavy atom. The minimum atomic E-state index is -3.16. The van der Waals surface area contributed by atoms with Gasteiger partial charge in [0.25, 0.3) is 0 Å². The average molecular weight is 282 g/mol. The van der Waals surface area contributed by atoms with Gasteiger partial charge in [0, 0.05) is 17.9 Å². The van der Waals surface area contributed by atoms with E-state index in [4.69, 9.17) is 0 Å². The van der Waals surface area contributed by atoms with Gasteiger partial charge in [-0.15, -0.1) is 0 Å². The third-order valence-electron chi connectivity index (χ3n) is 3.22. The van der Waals surface area contributed by atoms with E-state index in [1.807, 2.05) is 11.8 Å². The standard InChI is InChI=1S/C12H14N2O2S2/c1-18(15,16)9-2-3-10-11(6-9)14-12(13-10)8-4-5-17-7-8/h2-3,6,8H,4-5,7H2,1H3,(H,13,14). The van der Waals surface area contributed by atoms with Gasteiger partial charge >= 0.3 is 0 Å². The van der Waals surface area contributed by atoms with Crippen molar-refractivity contribution in [2.45, 2.75) is 17.2 Å². The summed E-state index contributed by atoms with van der Waals surface area (Å²) in [5.74, 6) is 3.74. The van der Waals surface area contributed by atoms with Gasteiger partial charge in [0.05, 0.1) is 15.9 Å². The first-order valence-electron chi connectivity index (χ1n) is 5.81. The highest BCUT2D eigenvalue weighted by molar-refractivity contribution is 7.99. The molecule has 1 aromatic heterocycles. The van der Waals surface area contributed by atoms with Gasteiger partial charge < -0.3 is 4.98 Å². The number of aromatic amines is 1. The quantitative estimate of drug-likeness (QED) is 0.917. The zero-order valence-electron chi connectivity index (χ0n) is 10.0. The molecule has 1 aromatic carbocycles. The second-order valence-electron chi connectivity index (χ2n) is 4.63. The third-order valence-corrected chi connectivity index (χ3v) is 5.49. The van der Waals surface area contributed by atoms with Crippen molar-refractivity contribution in [2.24, 2.45) is 0 Å². The number of rotatable bonds is 2. The first-order chi connectivity index (χ1) is 8.54.